The van der Waals surface area contributed by atoms with E-state index in [0.717, 1.165) is 4.88 Å². The van der Waals surface area contributed by atoms with Crippen LogP contribution in [0.25, 0.3) is 0 Å². The van der Waals surface area contributed by atoms with Crippen molar-refractivity contribution in [3.8, 4) is 0 Å². The van der Waals surface area contributed by atoms with Crippen molar-refractivity contribution in [1.29, 1.82) is 0 Å². The maximum absolute atomic E-state index is 10.8. The van der Waals surface area contributed by atoms with Gasteiger partial charge < -0.3 is 0 Å². The van der Waals surface area contributed by atoms with Crippen molar-refractivity contribution in [3.63, 3.8) is 0 Å². The monoisotopic (exact) mass is 240 g/mol. The van der Waals surface area contributed by atoms with Crippen LogP contribution in [-0.2, 0) is 14.5 Å². The zero-order chi connectivity index (χ0) is 9.47. The van der Waals surface area contributed by atoms with Gasteiger partial charge in [-0.1, -0.05) is 11.6 Å². The Morgan fingerprint density at radius 1 is 1.77 bits per heavy atom. The van der Waals surface area contributed by atoms with Crippen molar-refractivity contribution < 1.29 is 12.6 Å². The fourth-order valence-electron chi connectivity index (χ4n) is 0.966. The SMILES string of the molecule is O=S1(=O)NC(c2cnc(Cl)s2)CO1. The summed E-state index contributed by atoms with van der Waals surface area (Å²) < 4.78 is 28.9. The van der Waals surface area contributed by atoms with Crippen LogP contribution in [0.4, 0.5) is 0 Å². The van der Waals surface area contributed by atoms with Crippen LogP contribution in [0.5, 0.6) is 0 Å². The predicted octanol–water partition coefficient (Wildman–Crippen LogP) is 0.702. The van der Waals surface area contributed by atoms with Crippen LogP contribution >= 0.6 is 22.9 Å². The van der Waals surface area contributed by atoms with Gasteiger partial charge in [0.05, 0.1) is 12.6 Å². The summed E-state index contributed by atoms with van der Waals surface area (Å²) in [7, 11) is -3.55. The number of rotatable bonds is 1. The fourth-order valence-corrected chi connectivity index (χ4v) is 2.96. The van der Waals surface area contributed by atoms with Crippen LogP contribution in [0.2, 0.25) is 4.47 Å². The topological polar surface area (TPSA) is 68.3 Å². The van der Waals surface area contributed by atoms with Crippen LogP contribution in [0.15, 0.2) is 6.20 Å². The number of nitrogens with one attached hydrogen (secondary N) is 1. The average molecular weight is 241 g/mol. The van der Waals surface area contributed by atoms with Crippen molar-refractivity contribution in [2.45, 2.75) is 6.04 Å². The Bertz CT molecular complexity index is 415. The van der Waals surface area contributed by atoms with Crippen molar-refractivity contribution in [2.24, 2.45) is 0 Å². The molecule has 1 saturated heterocycles. The lowest BCUT2D eigenvalue weighted by molar-refractivity contribution is 0.340. The Balaban J connectivity index is 2.21. The van der Waals surface area contributed by atoms with Gasteiger partial charge >= 0.3 is 10.3 Å². The van der Waals surface area contributed by atoms with E-state index in [-0.39, 0.29) is 12.6 Å². The van der Waals surface area contributed by atoms with Gasteiger partial charge in [-0.2, -0.15) is 13.1 Å². The minimum absolute atomic E-state index is 0.0981. The van der Waals surface area contributed by atoms with Gasteiger partial charge in [0.2, 0.25) is 0 Å². The van der Waals surface area contributed by atoms with Crippen LogP contribution < -0.4 is 4.72 Å². The highest BCUT2D eigenvalue weighted by Gasteiger charge is 2.30. The molecular formula is C5H5ClN2O3S2. The van der Waals surface area contributed by atoms with Gasteiger partial charge in [-0.15, -0.1) is 11.3 Å². The predicted molar refractivity (Wildman–Crippen MR) is 47.9 cm³/mol. The first-order valence-electron chi connectivity index (χ1n) is 3.35. The Morgan fingerprint density at radius 3 is 3.00 bits per heavy atom. The maximum atomic E-state index is 10.8. The van der Waals surface area contributed by atoms with Gasteiger partial charge in [0.1, 0.15) is 0 Å². The molecule has 8 heteroatoms. The Kier molecular flexibility index (Phi) is 2.28. The number of hydrogen-bond donors (Lipinski definition) is 1. The summed E-state index contributed by atoms with van der Waals surface area (Å²) in [6.45, 7) is 0.0981. The summed E-state index contributed by atoms with van der Waals surface area (Å²) in [6, 6.07) is -0.352. The van der Waals surface area contributed by atoms with Crippen molar-refractivity contribution in [3.05, 3.63) is 15.5 Å². The Labute approximate surface area is 84.0 Å². The van der Waals surface area contributed by atoms with E-state index in [1.54, 1.807) is 0 Å². The molecule has 1 N–H and O–H groups in total. The van der Waals surface area contributed by atoms with E-state index in [0.29, 0.717) is 4.47 Å². The molecule has 0 radical (unpaired) electrons. The maximum Gasteiger partial charge on any atom is 0.336 e. The molecule has 1 unspecified atom stereocenters. The van der Waals surface area contributed by atoms with Gasteiger partial charge in [0.25, 0.3) is 0 Å². The number of halogens is 1. The first-order valence-corrected chi connectivity index (χ1v) is 5.95. The molecule has 5 nitrogen and oxygen atoms in total. The number of hydrogen-bond acceptors (Lipinski definition) is 5. The summed E-state index contributed by atoms with van der Waals surface area (Å²) in [5.74, 6) is 0. The molecule has 1 aliphatic heterocycles. The lowest BCUT2D eigenvalue weighted by Crippen LogP contribution is -2.18. The zero-order valence-corrected chi connectivity index (χ0v) is 8.62. The van der Waals surface area contributed by atoms with Crippen LogP contribution in [-0.4, -0.2) is 20.0 Å². The molecular weight excluding hydrogens is 236 g/mol. The van der Waals surface area contributed by atoms with Crippen molar-refractivity contribution in [2.75, 3.05) is 6.61 Å². The molecule has 2 rings (SSSR count). The van der Waals surface area contributed by atoms with E-state index < -0.39 is 10.3 Å². The third kappa shape index (κ3) is 2.00. The Morgan fingerprint density at radius 2 is 2.54 bits per heavy atom. The first-order chi connectivity index (χ1) is 6.07. The van der Waals surface area contributed by atoms with Crippen LogP contribution in [0, 0.1) is 0 Å². The van der Waals surface area contributed by atoms with E-state index >= 15 is 0 Å². The molecule has 0 aromatic carbocycles. The van der Waals surface area contributed by atoms with Gasteiger partial charge in [0.15, 0.2) is 4.47 Å². The molecule has 13 heavy (non-hydrogen) atoms. The van der Waals surface area contributed by atoms with Gasteiger partial charge in [0, 0.05) is 11.1 Å². The lowest BCUT2D eigenvalue weighted by Gasteiger charge is -1.99. The van der Waals surface area contributed by atoms with Crippen LogP contribution in [0.1, 0.15) is 10.9 Å². The molecule has 0 spiro atoms. The van der Waals surface area contributed by atoms with Crippen molar-refractivity contribution >= 4 is 33.2 Å². The average Bonchev–Trinajstić information content (AvgIpc) is 2.56. The minimum Gasteiger partial charge on any atom is -0.256 e. The normalized spacial score (nSPS) is 26.4. The molecule has 1 aromatic heterocycles. The molecule has 0 bridgehead atoms. The fraction of sp³-hybridized carbons (Fsp3) is 0.400. The van der Waals surface area contributed by atoms with E-state index in [1.807, 2.05) is 0 Å². The highest BCUT2D eigenvalue weighted by Crippen LogP contribution is 2.27. The quantitative estimate of drug-likeness (QED) is 0.785. The van der Waals surface area contributed by atoms with Crippen LogP contribution in [0.3, 0.4) is 0 Å². The second-order valence-corrected chi connectivity index (χ2v) is 5.45. The molecule has 1 fully saturated rings. The van der Waals surface area contributed by atoms with E-state index in [4.69, 9.17) is 11.6 Å². The smallest absolute Gasteiger partial charge is 0.256 e. The largest absolute Gasteiger partial charge is 0.336 e. The number of nitrogens with zero attached hydrogens (tertiary/aromatic N) is 1. The number of aromatic nitrogens is 1. The van der Waals surface area contributed by atoms with Gasteiger partial charge in [-0.05, 0) is 0 Å². The minimum atomic E-state index is -3.55. The number of thiazole rings is 1. The molecule has 0 amide bonds. The zero-order valence-electron chi connectivity index (χ0n) is 6.23. The molecule has 2 heterocycles. The molecule has 1 aromatic rings. The second kappa shape index (κ2) is 3.18. The van der Waals surface area contributed by atoms with Gasteiger partial charge in [-0.25, -0.2) is 4.98 Å². The summed E-state index contributed by atoms with van der Waals surface area (Å²) in [5.41, 5.74) is 0. The molecule has 1 aliphatic rings. The Hall–Kier alpha value is -0.210. The summed E-state index contributed by atoms with van der Waals surface area (Å²) in [6.07, 6.45) is 1.54. The van der Waals surface area contributed by atoms with E-state index in [9.17, 15) is 8.42 Å². The standard InChI is InChI=1S/C5H5ClN2O3S2/c6-5-7-1-4(12-5)3-2-11-13(9,10)8-3/h1,3,8H,2H2. The molecule has 0 aliphatic carbocycles. The van der Waals surface area contributed by atoms with E-state index in [1.165, 1.54) is 17.5 Å². The molecule has 1 atom stereocenters. The third-order valence-corrected chi connectivity index (χ3v) is 3.76. The molecule has 72 valence electrons. The van der Waals surface area contributed by atoms with Gasteiger partial charge in [-0.3, -0.25) is 4.18 Å². The summed E-state index contributed by atoms with van der Waals surface area (Å²) in [4.78, 5) is 4.56. The molecule has 0 saturated carbocycles. The van der Waals surface area contributed by atoms with E-state index in [2.05, 4.69) is 13.9 Å². The lowest BCUT2D eigenvalue weighted by atomic mass is 10.3. The summed E-state index contributed by atoms with van der Waals surface area (Å²) >= 11 is 6.83. The summed E-state index contributed by atoms with van der Waals surface area (Å²) in [5, 5.41) is 0. The highest BCUT2D eigenvalue weighted by atomic mass is 35.5. The second-order valence-electron chi connectivity index (χ2n) is 2.42. The first kappa shape index (κ1) is 9.35. The van der Waals surface area contributed by atoms with Crippen molar-refractivity contribution in [1.82, 2.24) is 9.71 Å². The third-order valence-electron chi connectivity index (χ3n) is 1.52. The highest BCUT2D eigenvalue weighted by molar-refractivity contribution is 7.84.